The normalized spacial score (nSPS) is 27.8. The molecule has 1 N–H and O–H groups in total. The van der Waals surface area contributed by atoms with Crippen molar-refractivity contribution >= 4 is 59.4 Å². The van der Waals surface area contributed by atoms with Crippen molar-refractivity contribution in [2.75, 3.05) is 0 Å². The molecule has 0 heterocycles. The Hall–Kier alpha value is -0.470. The molecule has 1 aromatic carbocycles. The number of carbonyl (C=O) groups is 1. The molecule has 0 bridgehead atoms. The lowest BCUT2D eigenvalue weighted by Crippen LogP contribution is -2.21. The monoisotopic (exact) mass is 455 g/mol. The molecular weight excluding hydrogens is 450 g/mol. The van der Waals surface area contributed by atoms with Crippen LogP contribution in [0.4, 0.5) is 5.69 Å². The van der Waals surface area contributed by atoms with Crippen LogP contribution in [0.1, 0.15) is 5.56 Å². The average molecular weight is 458 g/mol. The molecule has 2 unspecified atom stereocenters. The summed E-state index contributed by atoms with van der Waals surface area (Å²) in [6.07, 6.45) is 0.492. The second-order valence-corrected chi connectivity index (χ2v) is 9.14. The molecular formula is C11H8Br3NO4. The predicted molar refractivity (Wildman–Crippen MR) is 80.2 cm³/mol. The van der Waals surface area contributed by atoms with Crippen LogP contribution in [0, 0.1) is 16.0 Å². The number of nitro groups is 1. The van der Waals surface area contributed by atoms with E-state index in [-0.39, 0.29) is 11.6 Å². The van der Waals surface area contributed by atoms with E-state index in [9.17, 15) is 20.0 Å². The Morgan fingerprint density at radius 3 is 2.21 bits per heavy atom. The van der Waals surface area contributed by atoms with Gasteiger partial charge in [-0.2, -0.15) is 0 Å². The largest absolute Gasteiger partial charge is 0.480 e. The number of non-ortho nitro benzene ring substituents is 1. The van der Waals surface area contributed by atoms with Crippen molar-refractivity contribution in [2.24, 2.45) is 5.92 Å². The van der Waals surface area contributed by atoms with Crippen molar-refractivity contribution in [3.63, 3.8) is 0 Å². The minimum Gasteiger partial charge on any atom is -0.480 e. The second-order valence-electron chi connectivity index (χ2n) is 4.32. The number of nitro benzene ring substituents is 1. The summed E-state index contributed by atoms with van der Waals surface area (Å²) in [4.78, 5) is 21.3. The van der Waals surface area contributed by atoms with Gasteiger partial charge in [0, 0.05) is 18.1 Å². The molecule has 0 aromatic heterocycles. The standard InChI is InChI=1S/C11H8Br3NO4/c12-10(9(16)17)8(11(10,13)14)5-6-1-3-7(4-2-6)15(18)19/h1-4,8H,5H2,(H,16,17). The molecule has 0 spiro atoms. The molecule has 1 aromatic rings. The Kier molecular flexibility index (Phi) is 3.79. The first-order valence-electron chi connectivity index (χ1n) is 5.24. The molecule has 0 amide bonds. The van der Waals surface area contributed by atoms with Gasteiger partial charge in [-0.1, -0.05) is 59.9 Å². The zero-order valence-electron chi connectivity index (χ0n) is 9.35. The van der Waals surface area contributed by atoms with E-state index in [1.165, 1.54) is 12.1 Å². The summed E-state index contributed by atoms with van der Waals surface area (Å²) in [6, 6.07) is 6.11. The molecule has 1 fully saturated rings. The van der Waals surface area contributed by atoms with Crippen LogP contribution in [0.3, 0.4) is 0 Å². The number of aliphatic carboxylic acids is 1. The Labute approximate surface area is 133 Å². The van der Waals surface area contributed by atoms with Crippen molar-refractivity contribution in [3.8, 4) is 0 Å². The maximum absolute atomic E-state index is 11.2. The van der Waals surface area contributed by atoms with Gasteiger partial charge >= 0.3 is 5.97 Å². The third kappa shape index (κ3) is 2.34. The Balaban J connectivity index is 2.15. The molecule has 1 saturated carbocycles. The second kappa shape index (κ2) is 4.82. The zero-order chi connectivity index (χ0) is 14.4. The molecule has 1 aliphatic rings. The predicted octanol–water partition coefficient (Wildman–Crippen LogP) is 3.47. The lowest BCUT2D eigenvalue weighted by Gasteiger charge is -2.02. The van der Waals surface area contributed by atoms with Crippen LogP contribution in [0.15, 0.2) is 24.3 Å². The van der Waals surface area contributed by atoms with Gasteiger partial charge in [0.15, 0.2) is 4.32 Å². The summed E-state index contributed by atoms with van der Waals surface area (Å²) in [5.74, 6) is -1.15. The fourth-order valence-electron chi connectivity index (χ4n) is 1.99. The van der Waals surface area contributed by atoms with Gasteiger partial charge in [0.05, 0.1) is 4.92 Å². The number of carboxylic acids is 1. The van der Waals surface area contributed by atoms with E-state index in [0.717, 1.165) is 5.56 Å². The van der Waals surface area contributed by atoms with Crippen molar-refractivity contribution in [1.29, 1.82) is 0 Å². The van der Waals surface area contributed by atoms with Crippen LogP contribution < -0.4 is 0 Å². The third-order valence-electron chi connectivity index (χ3n) is 3.22. The highest BCUT2D eigenvalue weighted by Gasteiger charge is 2.78. The highest BCUT2D eigenvalue weighted by atomic mass is 79.9. The number of hydrogen-bond donors (Lipinski definition) is 1. The number of nitrogens with zero attached hydrogens (tertiary/aromatic N) is 1. The quantitative estimate of drug-likeness (QED) is 0.426. The third-order valence-corrected chi connectivity index (χ3v) is 8.16. The van der Waals surface area contributed by atoms with Gasteiger partial charge in [-0.25, -0.2) is 0 Å². The van der Waals surface area contributed by atoms with E-state index in [0.29, 0.717) is 6.42 Å². The lowest BCUT2D eigenvalue weighted by atomic mass is 10.1. The van der Waals surface area contributed by atoms with Gasteiger partial charge in [-0.3, -0.25) is 14.9 Å². The van der Waals surface area contributed by atoms with Crippen LogP contribution in [-0.2, 0) is 11.2 Å². The number of halogens is 3. The van der Waals surface area contributed by atoms with Crippen LogP contribution in [-0.4, -0.2) is 23.6 Å². The Bertz CT molecular complexity index is 545. The summed E-state index contributed by atoms with van der Waals surface area (Å²) in [7, 11) is 0. The smallest absolute Gasteiger partial charge is 0.323 e. The zero-order valence-corrected chi connectivity index (χ0v) is 14.1. The highest BCUT2D eigenvalue weighted by Crippen LogP contribution is 2.70. The van der Waals surface area contributed by atoms with E-state index >= 15 is 0 Å². The molecule has 8 heteroatoms. The van der Waals surface area contributed by atoms with Crippen molar-refractivity contribution in [1.82, 2.24) is 0 Å². The van der Waals surface area contributed by atoms with E-state index in [1.807, 2.05) is 0 Å². The van der Waals surface area contributed by atoms with Gasteiger partial charge < -0.3 is 5.11 Å². The highest BCUT2D eigenvalue weighted by molar-refractivity contribution is 9.26. The Morgan fingerprint density at radius 1 is 1.32 bits per heavy atom. The molecule has 1 aliphatic carbocycles. The fraction of sp³-hybridized carbons (Fsp3) is 0.364. The number of rotatable bonds is 4. The van der Waals surface area contributed by atoms with Crippen molar-refractivity contribution in [3.05, 3.63) is 39.9 Å². The minimum absolute atomic E-state index is 0.0202. The lowest BCUT2D eigenvalue weighted by molar-refractivity contribution is -0.384. The van der Waals surface area contributed by atoms with Gasteiger partial charge in [0.2, 0.25) is 0 Å². The molecule has 5 nitrogen and oxygen atoms in total. The fourth-order valence-corrected chi connectivity index (χ4v) is 4.94. The van der Waals surface area contributed by atoms with Crippen LogP contribution >= 0.6 is 47.8 Å². The van der Waals surface area contributed by atoms with E-state index in [4.69, 9.17) is 0 Å². The first kappa shape index (κ1) is 14.9. The molecule has 2 atom stereocenters. The van der Waals surface area contributed by atoms with E-state index in [1.54, 1.807) is 12.1 Å². The van der Waals surface area contributed by atoms with Gasteiger partial charge in [0.25, 0.3) is 5.69 Å². The van der Waals surface area contributed by atoms with Gasteiger partial charge in [-0.15, -0.1) is 0 Å². The van der Waals surface area contributed by atoms with Crippen LogP contribution in [0.2, 0.25) is 0 Å². The maximum atomic E-state index is 11.2. The van der Waals surface area contributed by atoms with Crippen molar-refractivity contribution in [2.45, 2.75) is 14.0 Å². The SMILES string of the molecule is O=C(O)C1(Br)C(Cc2ccc([N+](=O)[O-])cc2)C1(Br)Br. The number of carboxylic acid groups (broad SMARTS) is 1. The van der Waals surface area contributed by atoms with Gasteiger partial charge in [-0.05, 0) is 12.0 Å². The Morgan fingerprint density at radius 2 is 1.84 bits per heavy atom. The van der Waals surface area contributed by atoms with Gasteiger partial charge in [0.1, 0.15) is 3.23 Å². The maximum Gasteiger partial charge on any atom is 0.323 e. The topological polar surface area (TPSA) is 80.4 Å². The molecule has 2 rings (SSSR count). The summed E-state index contributed by atoms with van der Waals surface area (Å²) in [5.41, 5.74) is 0.869. The number of benzene rings is 1. The first-order chi connectivity index (χ1) is 8.71. The van der Waals surface area contributed by atoms with Crippen molar-refractivity contribution < 1.29 is 14.8 Å². The molecule has 0 radical (unpaired) electrons. The van der Waals surface area contributed by atoms with E-state index in [2.05, 4.69) is 47.8 Å². The number of hydrogen-bond acceptors (Lipinski definition) is 3. The van der Waals surface area contributed by atoms with E-state index < -0.39 is 18.5 Å². The molecule has 0 aliphatic heterocycles. The molecule has 102 valence electrons. The number of alkyl halides is 3. The summed E-state index contributed by atoms with van der Waals surface area (Å²) < 4.78 is -1.78. The first-order valence-corrected chi connectivity index (χ1v) is 7.62. The summed E-state index contributed by atoms with van der Waals surface area (Å²) >= 11 is 9.94. The van der Waals surface area contributed by atoms with Crippen LogP contribution in [0.5, 0.6) is 0 Å². The summed E-state index contributed by atoms with van der Waals surface area (Å²) in [6.45, 7) is 0. The average Bonchev–Trinajstić information content (AvgIpc) is 2.76. The molecule has 19 heavy (non-hydrogen) atoms. The minimum atomic E-state index is -1.07. The van der Waals surface area contributed by atoms with Crippen LogP contribution in [0.25, 0.3) is 0 Å². The summed E-state index contributed by atoms with van der Waals surface area (Å²) in [5, 5.41) is 19.8. The molecule has 0 saturated heterocycles.